The van der Waals surface area contributed by atoms with Crippen molar-refractivity contribution in [1.82, 2.24) is 4.98 Å². The molecule has 1 aromatic heterocycles. The molecule has 1 heterocycles. The summed E-state index contributed by atoms with van der Waals surface area (Å²) < 4.78 is 26.8. The fourth-order valence-electron chi connectivity index (χ4n) is 1.55. The maximum Gasteiger partial charge on any atom is 0.258 e. The summed E-state index contributed by atoms with van der Waals surface area (Å²) in [6.45, 7) is 0. The Kier molecular flexibility index (Phi) is 3.99. The van der Waals surface area contributed by atoms with Crippen molar-refractivity contribution in [3.63, 3.8) is 0 Å². The van der Waals surface area contributed by atoms with Crippen molar-refractivity contribution < 1.29 is 13.6 Å². The summed E-state index contributed by atoms with van der Waals surface area (Å²) in [6, 6.07) is 4.97. The largest absolute Gasteiger partial charge is 0.389 e. The van der Waals surface area contributed by atoms with Crippen LogP contribution < -0.4 is 11.1 Å². The topological polar surface area (TPSA) is 68.0 Å². The van der Waals surface area contributed by atoms with Crippen molar-refractivity contribution in [2.24, 2.45) is 5.73 Å². The first-order chi connectivity index (χ1) is 9.49. The van der Waals surface area contributed by atoms with E-state index in [0.717, 1.165) is 12.3 Å². The number of halogens is 2. The number of rotatable bonds is 3. The summed E-state index contributed by atoms with van der Waals surface area (Å²) in [5.41, 5.74) is 5.46. The van der Waals surface area contributed by atoms with Crippen LogP contribution in [0.2, 0.25) is 0 Å². The molecular weight excluding hydrogens is 284 g/mol. The number of carbonyl (C=O) groups is 1. The van der Waals surface area contributed by atoms with Crippen molar-refractivity contribution >= 4 is 28.8 Å². The third-order valence-corrected chi connectivity index (χ3v) is 2.73. The number of pyridine rings is 1. The van der Waals surface area contributed by atoms with E-state index >= 15 is 0 Å². The van der Waals surface area contributed by atoms with Gasteiger partial charge in [-0.25, -0.2) is 8.78 Å². The molecule has 0 aliphatic carbocycles. The van der Waals surface area contributed by atoms with Crippen molar-refractivity contribution in [3.05, 3.63) is 59.4 Å². The third-order valence-electron chi connectivity index (χ3n) is 2.51. The molecule has 0 saturated heterocycles. The van der Waals surface area contributed by atoms with E-state index < -0.39 is 17.5 Å². The minimum Gasteiger partial charge on any atom is -0.389 e. The molecular formula is C13H9F2N3OS. The van der Waals surface area contributed by atoms with Gasteiger partial charge in [0.25, 0.3) is 5.91 Å². The summed E-state index contributed by atoms with van der Waals surface area (Å²) >= 11 is 4.69. The average Bonchev–Trinajstić information content (AvgIpc) is 2.41. The number of hydrogen-bond donors (Lipinski definition) is 2. The van der Waals surface area contributed by atoms with Gasteiger partial charge < -0.3 is 11.1 Å². The number of thiocarbonyl (C=S) groups is 1. The molecule has 2 rings (SSSR count). The zero-order valence-electron chi connectivity index (χ0n) is 10.1. The number of amides is 1. The quantitative estimate of drug-likeness (QED) is 0.852. The fraction of sp³-hybridized carbons (Fsp3) is 0. The zero-order chi connectivity index (χ0) is 14.7. The van der Waals surface area contributed by atoms with Crippen LogP contribution in [0.4, 0.5) is 14.5 Å². The van der Waals surface area contributed by atoms with Gasteiger partial charge in [-0.05, 0) is 24.3 Å². The summed E-state index contributed by atoms with van der Waals surface area (Å²) in [5.74, 6) is -2.02. The van der Waals surface area contributed by atoms with Gasteiger partial charge in [0.1, 0.15) is 10.8 Å². The van der Waals surface area contributed by atoms with E-state index in [1.807, 2.05) is 0 Å². The molecule has 0 aliphatic rings. The lowest BCUT2D eigenvalue weighted by Crippen LogP contribution is -2.16. The van der Waals surface area contributed by atoms with Gasteiger partial charge in [-0.15, -0.1) is 0 Å². The molecule has 20 heavy (non-hydrogen) atoms. The highest BCUT2D eigenvalue weighted by Crippen LogP contribution is 2.16. The second kappa shape index (κ2) is 5.70. The minimum atomic E-state index is -0.748. The highest BCUT2D eigenvalue weighted by atomic mass is 32.1. The number of nitrogens with two attached hydrogens (primary N) is 1. The monoisotopic (exact) mass is 293 g/mol. The first-order valence-electron chi connectivity index (χ1n) is 5.49. The Balaban J connectivity index is 2.27. The Hall–Kier alpha value is -2.41. The SMILES string of the molecule is NC(=S)c1cc(NC(=O)c2ccncc2F)ccc1F. The van der Waals surface area contributed by atoms with Crippen LogP contribution in [-0.2, 0) is 0 Å². The Morgan fingerprint density at radius 1 is 1.20 bits per heavy atom. The first-order valence-corrected chi connectivity index (χ1v) is 5.90. The second-order valence-electron chi connectivity index (χ2n) is 3.87. The van der Waals surface area contributed by atoms with Crippen LogP contribution >= 0.6 is 12.2 Å². The second-order valence-corrected chi connectivity index (χ2v) is 4.31. The molecule has 1 amide bonds. The minimum absolute atomic E-state index is 0.00741. The van der Waals surface area contributed by atoms with Gasteiger partial charge in [-0.2, -0.15) is 0 Å². The van der Waals surface area contributed by atoms with Crippen LogP contribution in [0.15, 0.2) is 36.7 Å². The molecule has 102 valence electrons. The van der Waals surface area contributed by atoms with Crippen molar-refractivity contribution in [2.75, 3.05) is 5.32 Å². The summed E-state index contributed by atoms with van der Waals surface area (Å²) in [4.78, 5) is 15.3. The van der Waals surface area contributed by atoms with Gasteiger partial charge in [0.15, 0.2) is 5.82 Å². The van der Waals surface area contributed by atoms with E-state index in [2.05, 4.69) is 10.3 Å². The number of carbonyl (C=O) groups excluding carboxylic acids is 1. The molecule has 0 unspecified atom stereocenters. The average molecular weight is 293 g/mol. The lowest BCUT2D eigenvalue weighted by molar-refractivity contribution is 0.102. The number of benzene rings is 1. The Morgan fingerprint density at radius 2 is 1.95 bits per heavy atom. The molecule has 0 saturated carbocycles. The molecule has 0 radical (unpaired) electrons. The number of hydrogen-bond acceptors (Lipinski definition) is 3. The molecule has 0 atom stereocenters. The van der Waals surface area contributed by atoms with Crippen LogP contribution in [0.25, 0.3) is 0 Å². The van der Waals surface area contributed by atoms with Gasteiger partial charge in [-0.1, -0.05) is 12.2 Å². The summed E-state index contributed by atoms with van der Waals surface area (Å²) in [5, 5.41) is 2.43. The molecule has 1 aromatic carbocycles. The molecule has 0 bridgehead atoms. The van der Waals surface area contributed by atoms with E-state index in [1.165, 1.54) is 24.4 Å². The third kappa shape index (κ3) is 2.94. The van der Waals surface area contributed by atoms with E-state index in [0.29, 0.717) is 0 Å². The highest BCUT2D eigenvalue weighted by Gasteiger charge is 2.13. The number of aromatic nitrogens is 1. The van der Waals surface area contributed by atoms with Gasteiger partial charge in [0, 0.05) is 17.4 Å². The molecule has 2 aromatic rings. The van der Waals surface area contributed by atoms with Gasteiger partial charge in [0.05, 0.1) is 11.8 Å². The predicted octanol–water partition coefficient (Wildman–Crippen LogP) is 2.25. The van der Waals surface area contributed by atoms with E-state index in [-0.39, 0.29) is 21.8 Å². The van der Waals surface area contributed by atoms with Crippen molar-refractivity contribution in [3.8, 4) is 0 Å². The lowest BCUT2D eigenvalue weighted by atomic mass is 10.1. The maximum absolute atomic E-state index is 13.4. The van der Waals surface area contributed by atoms with Crippen LogP contribution in [0.1, 0.15) is 15.9 Å². The molecule has 4 nitrogen and oxygen atoms in total. The standard InChI is InChI=1S/C13H9F2N3OS/c14-10-2-1-7(5-9(10)12(16)20)18-13(19)8-3-4-17-6-11(8)15/h1-6H,(H2,16,20)(H,18,19). The number of anilines is 1. The van der Waals surface area contributed by atoms with Crippen LogP contribution in [0.3, 0.4) is 0 Å². The molecule has 0 spiro atoms. The highest BCUT2D eigenvalue weighted by molar-refractivity contribution is 7.80. The van der Waals surface area contributed by atoms with Crippen molar-refractivity contribution in [1.29, 1.82) is 0 Å². The van der Waals surface area contributed by atoms with E-state index in [9.17, 15) is 13.6 Å². The zero-order valence-corrected chi connectivity index (χ0v) is 10.9. The smallest absolute Gasteiger partial charge is 0.258 e. The van der Waals surface area contributed by atoms with Crippen LogP contribution in [0, 0.1) is 11.6 Å². The van der Waals surface area contributed by atoms with Gasteiger partial charge in [0.2, 0.25) is 0 Å². The Morgan fingerprint density at radius 3 is 2.60 bits per heavy atom. The molecule has 7 heteroatoms. The predicted molar refractivity (Wildman–Crippen MR) is 74.4 cm³/mol. The normalized spacial score (nSPS) is 10.1. The van der Waals surface area contributed by atoms with Gasteiger partial charge in [-0.3, -0.25) is 9.78 Å². The Bertz CT molecular complexity index is 691. The van der Waals surface area contributed by atoms with Crippen LogP contribution in [-0.4, -0.2) is 15.9 Å². The lowest BCUT2D eigenvalue weighted by Gasteiger charge is -2.08. The summed E-state index contributed by atoms with van der Waals surface area (Å²) in [7, 11) is 0. The number of nitrogens with zero attached hydrogens (tertiary/aromatic N) is 1. The van der Waals surface area contributed by atoms with Gasteiger partial charge >= 0.3 is 0 Å². The maximum atomic E-state index is 13.4. The van der Waals surface area contributed by atoms with E-state index in [4.69, 9.17) is 18.0 Å². The fourth-order valence-corrected chi connectivity index (χ4v) is 1.71. The van der Waals surface area contributed by atoms with Crippen molar-refractivity contribution in [2.45, 2.75) is 0 Å². The first kappa shape index (κ1) is 14.0. The molecule has 0 fully saturated rings. The molecule has 0 aliphatic heterocycles. The number of nitrogens with one attached hydrogen (secondary N) is 1. The Labute approximate surface area is 118 Å². The summed E-state index contributed by atoms with van der Waals surface area (Å²) in [6.07, 6.45) is 2.23. The van der Waals surface area contributed by atoms with Crippen LogP contribution in [0.5, 0.6) is 0 Å². The molecule has 3 N–H and O–H groups in total. The van der Waals surface area contributed by atoms with E-state index in [1.54, 1.807) is 0 Å².